The molecule has 3 rings (SSSR count). The van der Waals surface area contributed by atoms with Gasteiger partial charge in [0.25, 0.3) is 5.91 Å². The highest BCUT2D eigenvalue weighted by atomic mass is 32.1. The van der Waals surface area contributed by atoms with Crippen molar-refractivity contribution in [2.24, 2.45) is 7.05 Å². The van der Waals surface area contributed by atoms with Crippen molar-refractivity contribution < 1.29 is 4.79 Å². The van der Waals surface area contributed by atoms with Crippen molar-refractivity contribution in [1.29, 1.82) is 0 Å². The molecule has 0 saturated carbocycles. The van der Waals surface area contributed by atoms with Gasteiger partial charge < -0.3 is 5.32 Å². The van der Waals surface area contributed by atoms with E-state index in [1.54, 1.807) is 11.3 Å². The Labute approximate surface area is 131 Å². The number of nitrogens with zero attached hydrogens (tertiary/aromatic N) is 2. The van der Waals surface area contributed by atoms with Gasteiger partial charge in [-0.3, -0.25) is 9.48 Å². The second-order valence-corrected chi connectivity index (χ2v) is 6.65. The lowest BCUT2D eigenvalue weighted by molar-refractivity contribution is 0.0954. The van der Waals surface area contributed by atoms with Gasteiger partial charge in [-0.1, -0.05) is 6.07 Å². The molecule has 3 heterocycles. The summed E-state index contributed by atoms with van der Waals surface area (Å²) in [6, 6.07) is 7.98. The van der Waals surface area contributed by atoms with Gasteiger partial charge >= 0.3 is 0 Å². The van der Waals surface area contributed by atoms with Crippen LogP contribution in [-0.2, 0) is 13.6 Å². The number of thiophene rings is 2. The van der Waals surface area contributed by atoms with E-state index < -0.39 is 0 Å². The molecule has 0 aromatic carbocycles. The average molecular weight is 317 g/mol. The summed E-state index contributed by atoms with van der Waals surface area (Å²) < 4.78 is 1.81. The summed E-state index contributed by atoms with van der Waals surface area (Å²) in [7, 11) is 1.90. The number of aryl methyl sites for hydroxylation is 2. The summed E-state index contributed by atoms with van der Waals surface area (Å²) in [5.41, 5.74) is 3.05. The molecule has 1 N–H and O–H groups in total. The van der Waals surface area contributed by atoms with E-state index in [9.17, 15) is 4.79 Å². The lowest BCUT2D eigenvalue weighted by Gasteiger charge is -2.03. The fourth-order valence-electron chi connectivity index (χ4n) is 2.02. The van der Waals surface area contributed by atoms with Crippen LogP contribution >= 0.6 is 22.7 Å². The number of nitrogens with one attached hydrogen (secondary N) is 1. The highest BCUT2D eigenvalue weighted by molar-refractivity contribution is 7.13. The third kappa shape index (κ3) is 3.06. The van der Waals surface area contributed by atoms with E-state index in [-0.39, 0.29) is 5.91 Å². The summed E-state index contributed by atoms with van der Waals surface area (Å²) >= 11 is 3.13. The number of hydrogen-bond acceptors (Lipinski definition) is 4. The van der Waals surface area contributed by atoms with Gasteiger partial charge in [-0.2, -0.15) is 5.10 Å². The van der Waals surface area contributed by atoms with Gasteiger partial charge in [0.15, 0.2) is 0 Å². The van der Waals surface area contributed by atoms with Crippen LogP contribution in [0.5, 0.6) is 0 Å². The molecule has 0 fully saturated rings. The Morgan fingerprint density at radius 2 is 2.24 bits per heavy atom. The zero-order chi connectivity index (χ0) is 14.8. The zero-order valence-corrected chi connectivity index (χ0v) is 13.4. The fourth-order valence-corrected chi connectivity index (χ4v) is 3.52. The molecule has 3 aromatic heterocycles. The van der Waals surface area contributed by atoms with Crippen LogP contribution in [0.4, 0.5) is 0 Å². The summed E-state index contributed by atoms with van der Waals surface area (Å²) in [4.78, 5) is 13.9. The molecule has 4 nitrogen and oxygen atoms in total. The molecular formula is C15H15N3OS2. The number of carbonyl (C=O) groups excluding carboxylic acids is 1. The van der Waals surface area contributed by atoms with Crippen LogP contribution in [0.3, 0.4) is 0 Å². The summed E-state index contributed by atoms with van der Waals surface area (Å²) in [6.45, 7) is 2.46. The standard InChI is InChI=1S/C15H15N3OS2/c1-10-6-14(21-9-10)15(19)16-8-11-7-12(17-18(11)2)13-4-3-5-20-13/h3-7,9H,8H2,1-2H3,(H,16,19). The van der Waals surface area contributed by atoms with Gasteiger partial charge in [-0.25, -0.2) is 0 Å². The van der Waals surface area contributed by atoms with Crippen LogP contribution < -0.4 is 5.32 Å². The predicted molar refractivity (Wildman–Crippen MR) is 86.7 cm³/mol. The maximum Gasteiger partial charge on any atom is 0.261 e. The molecule has 0 aliphatic heterocycles. The van der Waals surface area contributed by atoms with Crippen LogP contribution in [0.1, 0.15) is 20.9 Å². The minimum Gasteiger partial charge on any atom is -0.346 e. The fraction of sp³-hybridized carbons (Fsp3) is 0.200. The van der Waals surface area contributed by atoms with Crippen LogP contribution in [0, 0.1) is 6.92 Å². The van der Waals surface area contributed by atoms with E-state index in [2.05, 4.69) is 10.4 Å². The molecule has 0 unspecified atom stereocenters. The van der Waals surface area contributed by atoms with Gasteiger partial charge in [-0.15, -0.1) is 22.7 Å². The van der Waals surface area contributed by atoms with Gasteiger partial charge in [0.05, 0.1) is 22.0 Å². The van der Waals surface area contributed by atoms with E-state index in [1.807, 2.05) is 53.7 Å². The molecule has 0 bridgehead atoms. The van der Waals surface area contributed by atoms with Crippen molar-refractivity contribution in [3.63, 3.8) is 0 Å². The van der Waals surface area contributed by atoms with Crippen LogP contribution in [0.15, 0.2) is 35.0 Å². The Hall–Kier alpha value is -1.92. The third-order valence-electron chi connectivity index (χ3n) is 3.13. The molecule has 3 aromatic rings. The van der Waals surface area contributed by atoms with Crippen molar-refractivity contribution in [2.45, 2.75) is 13.5 Å². The molecule has 6 heteroatoms. The highest BCUT2D eigenvalue weighted by Crippen LogP contribution is 2.23. The van der Waals surface area contributed by atoms with Gasteiger partial charge in [-0.05, 0) is 41.4 Å². The smallest absolute Gasteiger partial charge is 0.261 e. The van der Waals surface area contributed by atoms with Gasteiger partial charge in [0.1, 0.15) is 5.69 Å². The first-order valence-electron chi connectivity index (χ1n) is 6.53. The minimum absolute atomic E-state index is 0.0352. The second-order valence-electron chi connectivity index (χ2n) is 4.79. The lowest BCUT2D eigenvalue weighted by Crippen LogP contribution is -2.23. The topological polar surface area (TPSA) is 46.9 Å². The van der Waals surface area contributed by atoms with E-state index >= 15 is 0 Å². The molecule has 0 aliphatic rings. The van der Waals surface area contributed by atoms with E-state index in [4.69, 9.17) is 0 Å². The number of amides is 1. The van der Waals surface area contributed by atoms with Gasteiger partial charge in [0.2, 0.25) is 0 Å². The van der Waals surface area contributed by atoms with E-state index in [0.717, 1.165) is 26.7 Å². The molecule has 0 spiro atoms. The SMILES string of the molecule is Cc1csc(C(=O)NCc2cc(-c3cccs3)nn2C)c1. The number of hydrogen-bond donors (Lipinski definition) is 1. The first kappa shape index (κ1) is 14.0. The van der Waals surface area contributed by atoms with Crippen LogP contribution in [-0.4, -0.2) is 15.7 Å². The first-order valence-corrected chi connectivity index (χ1v) is 8.29. The van der Waals surface area contributed by atoms with Crippen molar-refractivity contribution >= 4 is 28.6 Å². The van der Waals surface area contributed by atoms with Gasteiger partial charge in [0, 0.05) is 7.05 Å². The molecule has 0 atom stereocenters. The monoisotopic (exact) mass is 317 g/mol. The molecule has 0 aliphatic carbocycles. The predicted octanol–water partition coefficient (Wildman–Crippen LogP) is 3.45. The quantitative estimate of drug-likeness (QED) is 0.801. The number of carbonyl (C=O) groups is 1. The number of aromatic nitrogens is 2. The summed E-state index contributed by atoms with van der Waals surface area (Å²) in [5.74, 6) is -0.0352. The third-order valence-corrected chi connectivity index (χ3v) is 5.07. The molecule has 1 amide bonds. The van der Waals surface area contributed by atoms with Crippen LogP contribution in [0.25, 0.3) is 10.6 Å². The average Bonchev–Trinajstić information content (AvgIpc) is 3.16. The van der Waals surface area contributed by atoms with E-state index in [0.29, 0.717) is 6.54 Å². The molecular weight excluding hydrogens is 302 g/mol. The second kappa shape index (κ2) is 5.83. The maximum absolute atomic E-state index is 12.0. The normalized spacial score (nSPS) is 10.8. The van der Waals surface area contributed by atoms with Crippen molar-refractivity contribution in [3.8, 4) is 10.6 Å². The highest BCUT2D eigenvalue weighted by Gasteiger charge is 2.11. The Morgan fingerprint density at radius 3 is 2.90 bits per heavy atom. The minimum atomic E-state index is -0.0352. The number of rotatable bonds is 4. The largest absolute Gasteiger partial charge is 0.346 e. The Morgan fingerprint density at radius 1 is 1.38 bits per heavy atom. The van der Waals surface area contributed by atoms with Crippen molar-refractivity contribution in [1.82, 2.24) is 15.1 Å². The Kier molecular flexibility index (Phi) is 3.90. The maximum atomic E-state index is 12.0. The summed E-state index contributed by atoms with van der Waals surface area (Å²) in [6.07, 6.45) is 0. The molecule has 21 heavy (non-hydrogen) atoms. The Balaban J connectivity index is 1.69. The van der Waals surface area contributed by atoms with Crippen LogP contribution in [0.2, 0.25) is 0 Å². The Bertz CT molecular complexity index is 756. The molecule has 0 saturated heterocycles. The van der Waals surface area contributed by atoms with Crippen molar-refractivity contribution in [3.05, 3.63) is 51.2 Å². The van der Waals surface area contributed by atoms with E-state index in [1.165, 1.54) is 11.3 Å². The lowest BCUT2D eigenvalue weighted by atomic mass is 10.3. The molecule has 0 radical (unpaired) electrons. The first-order chi connectivity index (χ1) is 10.1. The van der Waals surface area contributed by atoms with Crippen molar-refractivity contribution in [2.75, 3.05) is 0 Å². The zero-order valence-electron chi connectivity index (χ0n) is 11.8. The summed E-state index contributed by atoms with van der Waals surface area (Å²) in [5, 5.41) is 11.4. The molecule has 108 valence electrons.